The molecule has 18 heteroatoms. The Morgan fingerprint density at radius 2 is 1.30 bits per heavy atom. The summed E-state index contributed by atoms with van der Waals surface area (Å²) >= 11 is 0. The van der Waals surface area contributed by atoms with Crippen molar-refractivity contribution in [1.82, 2.24) is 0 Å². The molecule has 7 fully saturated rings. The fourth-order valence-corrected chi connectivity index (χ4v) is 15.0. The number of carbonyl (C=O) groups excluding carboxylic acids is 1. The fraction of sp³-hybridized carbons (Fsp3) is 0.917. The fourth-order valence-electron chi connectivity index (χ4n) is 15.0. The molecule has 0 spiro atoms. The van der Waals surface area contributed by atoms with E-state index in [0.717, 1.165) is 38.5 Å². The molecule has 23 atom stereocenters. The Bertz CT molecular complexity index is 1860. The first-order chi connectivity index (χ1) is 30.7. The van der Waals surface area contributed by atoms with Crippen LogP contribution in [0.4, 0.5) is 0 Å². The second-order valence-corrected chi connectivity index (χ2v) is 23.5. The van der Waals surface area contributed by atoms with Gasteiger partial charge < -0.3 is 79.5 Å². The van der Waals surface area contributed by atoms with Gasteiger partial charge in [-0.1, -0.05) is 60.1 Å². The molecule has 0 bridgehead atoms. The number of aliphatic hydroxyl groups is 9. The number of fused-ring (bicyclic) bond motifs is 7. The molecular weight excluding hydrogens is 865 g/mol. The van der Waals surface area contributed by atoms with Crippen molar-refractivity contribution < 1.29 is 89.1 Å². The first-order valence-corrected chi connectivity index (χ1v) is 24.2. The van der Waals surface area contributed by atoms with E-state index in [1.165, 1.54) is 12.5 Å². The van der Waals surface area contributed by atoms with Gasteiger partial charge in [-0.15, -0.1) is 0 Å². The summed E-state index contributed by atoms with van der Waals surface area (Å²) in [4.78, 5) is 26.8. The summed E-state index contributed by atoms with van der Waals surface area (Å²) < 4.78 is 35.4. The van der Waals surface area contributed by atoms with Crippen LogP contribution in [-0.4, -0.2) is 168 Å². The minimum Gasteiger partial charge on any atom is -0.479 e. The lowest BCUT2D eigenvalue weighted by Crippen LogP contribution is -2.66. The molecule has 66 heavy (non-hydrogen) atoms. The molecule has 8 rings (SSSR count). The van der Waals surface area contributed by atoms with Crippen molar-refractivity contribution in [3.8, 4) is 0 Å². The SMILES string of the molecule is C[C@@H]1O[C@@H](O[C@H]2[C@H](O)[C@@H](O)[C@H](OC(=O)[C@]34CCC(C)(C)C[C@H]3C3=CC[C@H]5[C@@]6(C)CC[C@H](O[C@@H]7O[C@H](C(=O)O)[C@@H](O)[C@H](O)[C@H]7O)C(C)(C)[C@@H]6CC[C@@]5(C)[C@]3(C)CC4)O[C@@H]2CO)[C@H](O)[C@H](O)[C@H]1O. The molecular formula is C48H76O18. The van der Waals surface area contributed by atoms with Gasteiger partial charge in [-0.25, -0.2) is 4.79 Å². The van der Waals surface area contributed by atoms with Crippen LogP contribution in [0.1, 0.15) is 120 Å². The van der Waals surface area contributed by atoms with Gasteiger partial charge in [-0.05, 0) is 116 Å². The van der Waals surface area contributed by atoms with E-state index in [0.29, 0.717) is 25.7 Å². The van der Waals surface area contributed by atoms with Gasteiger partial charge in [-0.3, -0.25) is 4.79 Å². The third kappa shape index (κ3) is 7.74. The lowest BCUT2D eigenvalue weighted by molar-refractivity contribution is -0.353. The molecule has 0 amide bonds. The molecule has 3 saturated heterocycles. The highest BCUT2D eigenvalue weighted by molar-refractivity contribution is 5.79. The first-order valence-electron chi connectivity index (χ1n) is 24.2. The van der Waals surface area contributed by atoms with Crippen LogP contribution < -0.4 is 0 Å². The van der Waals surface area contributed by atoms with E-state index in [1.807, 2.05) is 0 Å². The van der Waals surface area contributed by atoms with Gasteiger partial charge in [0.2, 0.25) is 6.29 Å². The highest BCUT2D eigenvalue weighted by Gasteiger charge is 2.70. The van der Waals surface area contributed by atoms with Crippen LogP contribution in [0.5, 0.6) is 0 Å². The number of aliphatic carboxylic acids is 1. The largest absolute Gasteiger partial charge is 0.479 e. The number of allylic oxidation sites excluding steroid dienone is 2. The van der Waals surface area contributed by atoms with Crippen LogP contribution in [0.25, 0.3) is 0 Å². The Kier molecular flexibility index (Phi) is 13.4. The number of carbonyl (C=O) groups is 2. The van der Waals surface area contributed by atoms with E-state index in [9.17, 15) is 60.7 Å². The van der Waals surface area contributed by atoms with E-state index in [1.54, 1.807) is 0 Å². The highest BCUT2D eigenvalue weighted by atomic mass is 16.7. The molecule has 18 nitrogen and oxygen atoms in total. The quantitative estimate of drug-likeness (QED) is 0.0931. The van der Waals surface area contributed by atoms with E-state index in [-0.39, 0.29) is 39.4 Å². The molecule has 0 aromatic rings. The number of hydrogen-bond donors (Lipinski definition) is 10. The van der Waals surface area contributed by atoms with E-state index < -0.39 is 128 Å². The average molecular weight is 941 g/mol. The zero-order valence-electron chi connectivity index (χ0n) is 39.6. The summed E-state index contributed by atoms with van der Waals surface area (Å²) in [6.07, 6.45) is -14.5. The number of aliphatic hydroxyl groups excluding tert-OH is 9. The Labute approximate surface area is 386 Å². The minimum atomic E-state index is -1.81. The van der Waals surface area contributed by atoms with Crippen LogP contribution in [0.2, 0.25) is 0 Å². The lowest BCUT2D eigenvalue weighted by atomic mass is 9.33. The molecule has 376 valence electrons. The topological polar surface area (TPSA) is 292 Å². The second kappa shape index (κ2) is 17.5. The van der Waals surface area contributed by atoms with Gasteiger partial charge in [0.15, 0.2) is 18.7 Å². The lowest BCUT2D eigenvalue weighted by Gasteiger charge is -2.71. The molecule has 8 aliphatic rings. The number of carboxylic acid groups (broad SMARTS) is 1. The van der Waals surface area contributed by atoms with Crippen LogP contribution in [0.15, 0.2) is 11.6 Å². The van der Waals surface area contributed by atoms with Crippen LogP contribution in [0, 0.1) is 50.2 Å². The predicted octanol–water partition coefficient (Wildman–Crippen LogP) is 1.26. The van der Waals surface area contributed by atoms with Crippen molar-refractivity contribution in [2.24, 2.45) is 50.2 Å². The summed E-state index contributed by atoms with van der Waals surface area (Å²) in [5.41, 5.74) is -0.846. The predicted molar refractivity (Wildman–Crippen MR) is 229 cm³/mol. The number of hydrogen-bond acceptors (Lipinski definition) is 17. The van der Waals surface area contributed by atoms with Crippen LogP contribution >= 0.6 is 0 Å². The van der Waals surface area contributed by atoms with Crippen molar-refractivity contribution >= 4 is 11.9 Å². The van der Waals surface area contributed by atoms with Gasteiger partial charge in [0, 0.05) is 0 Å². The van der Waals surface area contributed by atoms with E-state index in [4.69, 9.17) is 28.4 Å². The summed E-state index contributed by atoms with van der Waals surface area (Å²) in [7, 11) is 0. The summed E-state index contributed by atoms with van der Waals surface area (Å²) in [6, 6.07) is 0. The average Bonchev–Trinajstić information content (AvgIpc) is 3.25. The standard InChI is InChI=1S/C48H76O18/c1-21-28(50)29(51)33(55)39(61-21)64-36-24(20-49)62-40(35(57)32(36)54)66-42(60)48-17-15-43(2,3)19-23(48)22-9-10-26-45(6)13-12-27(63-41-34(56)30(52)31(53)37(65-41)38(58)59)44(4,5)25(45)11-14-47(26,8)46(22,7)16-18-48/h9,21,23-37,39-41,49-57H,10-20H2,1-8H3,(H,58,59)/t21-,23-,24+,25-,26-,27-,28-,29+,30-,31-,32+,33+,34+,35+,36+,37-,39-,40-,41+,45-,46+,47+,48-/m0/s1. The zero-order valence-corrected chi connectivity index (χ0v) is 39.6. The van der Waals surface area contributed by atoms with Gasteiger partial charge in [0.25, 0.3) is 0 Å². The maximum atomic E-state index is 14.9. The summed E-state index contributed by atoms with van der Waals surface area (Å²) in [6.45, 7) is 16.7. The number of carboxylic acids is 1. The van der Waals surface area contributed by atoms with Gasteiger partial charge in [-0.2, -0.15) is 0 Å². The number of esters is 1. The molecule has 0 aromatic heterocycles. The van der Waals surface area contributed by atoms with Gasteiger partial charge >= 0.3 is 11.9 Å². The Morgan fingerprint density at radius 1 is 0.682 bits per heavy atom. The maximum Gasteiger partial charge on any atom is 0.335 e. The van der Waals surface area contributed by atoms with Crippen molar-refractivity contribution in [1.29, 1.82) is 0 Å². The Hall–Kier alpha value is -1.88. The van der Waals surface area contributed by atoms with Crippen molar-refractivity contribution in [2.45, 2.75) is 218 Å². The molecule has 0 aromatic carbocycles. The van der Waals surface area contributed by atoms with E-state index in [2.05, 4.69) is 54.5 Å². The van der Waals surface area contributed by atoms with Crippen molar-refractivity contribution in [2.75, 3.05) is 6.61 Å². The van der Waals surface area contributed by atoms with Crippen LogP contribution in [-0.2, 0) is 38.0 Å². The first kappa shape index (κ1) is 50.5. The number of ether oxygens (including phenoxy) is 6. The Morgan fingerprint density at radius 3 is 1.95 bits per heavy atom. The van der Waals surface area contributed by atoms with Gasteiger partial charge in [0.1, 0.15) is 61.0 Å². The molecule has 0 radical (unpaired) electrons. The second-order valence-electron chi connectivity index (χ2n) is 23.5. The summed E-state index contributed by atoms with van der Waals surface area (Å²) in [5, 5.41) is 106. The molecule has 3 aliphatic heterocycles. The highest BCUT2D eigenvalue weighted by Crippen LogP contribution is 2.76. The monoisotopic (exact) mass is 941 g/mol. The smallest absolute Gasteiger partial charge is 0.335 e. The molecule has 3 heterocycles. The third-order valence-electron chi connectivity index (χ3n) is 19.2. The van der Waals surface area contributed by atoms with Gasteiger partial charge in [0.05, 0.1) is 24.2 Å². The maximum absolute atomic E-state index is 14.9. The minimum absolute atomic E-state index is 0.0952. The zero-order chi connectivity index (χ0) is 48.4. The third-order valence-corrected chi connectivity index (χ3v) is 19.2. The van der Waals surface area contributed by atoms with Crippen molar-refractivity contribution in [3.63, 3.8) is 0 Å². The normalized spacial score (nSPS) is 53.2. The molecule has 5 aliphatic carbocycles. The van der Waals surface area contributed by atoms with Crippen molar-refractivity contribution in [3.05, 3.63) is 11.6 Å². The Balaban J connectivity index is 1.02. The summed E-state index contributed by atoms with van der Waals surface area (Å²) in [5.74, 6) is -1.76. The molecule has 10 N–H and O–H groups in total. The molecule has 4 saturated carbocycles. The van der Waals surface area contributed by atoms with Crippen LogP contribution in [0.3, 0.4) is 0 Å². The number of rotatable bonds is 8. The molecule has 0 unspecified atom stereocenters. The van der Waals surface area contributed by atoms with E-state index >= 15 is 0 Å².